The molecule has 0 fully saturated rings. The number of hydrogen-bond acceptors (Lipinski definition) is 8. The number of hydrogen-bond donors (Lipinski definition) is 1. The van der Waals surface area contributed by atoms with Crippen molar-refractivity contribution >= 4 is 44.1 Å². The van der Waals surface area contributed by atoms with E-state index in [-0.39, 0.29) is 36.0 Å². The van der Waals surface area contributed by atoms with Gasteiger partial charge in [0, 0.05) is 23.2 Å². The van der Waals surface area contributed by atoms with Crippen molar-refractivity contribution < 1.29 is 4.79 Å². The molecule has 1 aromatic carbocycles. The van der Waals surface area contributed by atoms with Crippen LogP contribution >= 0.6 is 11.3 Å². The first-order valence-electron chi connectivity index (χ1n) is 10.5. The monoisotopic (exact) mass is 444 g/mol. The lowest BCUT2D eigenvalue weighted by molar-refractivity contribution is -0.119. The molecule has 1 atom stereocenters. The molecule has 8 nitrogen and oxygen atoms in total. The first kappa shape index (κ1) is 20.3. The maximum absolute atomic E-state index is 13.1. The number of aryl methyl sites for hydroxylation is 3. The van der Waals surface area contributed by atoms with E-state index in [0.29, 0.717) is 16.3 Å². The van der Waals surface area contributed by atoms with Crippen LogP contribution in [0.1, 0.15) is 41.4 Å². The highest BCUT2D eigenvalue weighted by atomic mass is 32.1. The number of benzene rings is 1. The number of para-hydroxylation sites is 1. The number of nitrogen functional groups attached to an aromatic ring is 1. The van der Waals surface area contributed by atoms with Crippen molar-refractivity contribution in [3.63, 3.8) is 0 Å². The van der Waals surface area contributed by atoms with Gasteiger partial charge in [-0.2, -0.15) is 5.26 Å². The van der Waals surface area contributed by atoms with E-state index >= 15 is 0 Å². The third kappa shape index (κ3) is 3.42. The largest absolute Gasteiger partial charge is 0.383 e. The van der Waals surface area contributed by atoms with E-state index in [2.05, 4.69) is 15.0 Å². The number of anilines is 1. The summed E-state index contributed by atoms with van der Waals surface area (Å²) in [6, 6.07) is 9.17. The minimum atomic E-state index is -1.15. The molecule has 32 heavy (non-hydrogen) atoms. The second kappa shape index (κ2) is 8.13. The number of carbonyl (C=O) groups excluding carboxylic acids is 1. The van der Waals surface area contributed by atoms with Crippen molar-refractivity contribution in [1.82, 2.24) is 19.5 Å². The molecule has 4 aromatic rings. The van der Waals surface area contributed by atoms with Crippen molar-refractivity contribution in [3.8, 4) is 6.07 Å². The summed E-state index contributed by atoms with van der Waals surface area (Å²) in [5.74, 6) is -1.20. The number of nitrogens with zero attached hydrogens (tertiary/aromatic N) is 5. The SMILES string of the molecule is N#CC(C(=O)CCn1cnc2sc3c(c2c1=O)CCCC3)c1nc(N)c2ccccc2n1. The van der Waals surface area contributed by atoms with Gasteiger partial charge in [0.1, 0.15) is 10.6 Å². The summed E-state index contributed by atoms with van der Waals surface area (Å²) in [7, 11) is 0. The zero-order chi connectivity index (χ0) is 22.2. The number of rotatable bonds is 5. The first-order chi connectivity index (χ1) is 15.6. The summed E-state index contributed by atoms with van der Waals surface area (Å²) in [5.41, 5.74) is 7.58. The van der Waals surface area contributed by atoms with Crippen molar-refractivity contribution in [3.05, 3.63) is 57.2 Å². The number of ketones is 1. The molecule has 0 saturated heterocycles. The fourth-order valence-electron chi connectivity index (χ4n) is 4.24. The predicted octanol–water partition coefficient (Wildman–Crippen LogP) is 3.13. The number of nitriles is 1. The number of aromatic nitrogens is 4. The lowest BCUT2D eigenvalue weighted by atomic mass is 9.97. The quantitative estimate of drug-likeness (QED) is 0.501. The average molecular weight is 445 g/mol. The molecule has 0 radical (unpaired) electrons. The van der Waals surface area contributed by atoms with Gasteiger partial charge in [-0.1, -0.05) is 12.1 Å². The number of carbonyl (C=O) groups is 1. The molecule has 160 valence electrons. The summed E-state index contributed by atoms with van der Waals surface area (Å²) < 4.78 is 1.46. The molecule has 0 spiro atoms. The molecule has 3 aromatic heterocycles. The van der Waals surface area contributed by atoms with Crippen molar-refractivity contribution in [1.29, 1.82) is 5.26 Å². The van der Waals surface area contributed by atoms with Gasteiger partial charge in [0.2, 0.25) is 0 Å². The highest BCUT2D eigenvalue weighted by molar-refractivity contribution is 7.18. The minimum Gasteiger partial charge on any atom is -0.383 e. The van der Waals surface area contributed by atoms with Gasteiger partial charge in [-0.25, -0.2) is 15.0 Å². The van der Waals surface area contributed by atoms with Gasteiger partial charge < -0.3 is 5.73 Å². The lowest BCUT2D eigenvalue weighted by Gasteiger charge is -2.11. The molecule has 0 saturated carbocycles. The Morgan fingerprint density at radius 1 is 1.25 bits per heavy atom. The Labute approximate surface area is 187 Å². The van der Waals surface area contributed by atoms with Crippen LogP contribution in [-0.4, -0.2) is 25.3 Å². The number of fused-ring (bicyclic) bond motifs is 4. The topological polar surface area (TPSA) is 128 Å². The third-order valence-corrected chi connectivity index (χ3v) is 7.10. The van der Waals surface area contributed by atoms with E-state index in [1.807, 2.05) is 12.1 Å². The summed E-state index contributed by atoms with van der Waals surface area (Å²) >= 11 is 1.59. The maximum atomic E-state index is 13.1. The molecule has 3 heterocycles. The van der Waals surface area contributed by atoms with Gasteiger partial charge in [-0.3, -0.25) is 14.2 Å². The maximum Gasteiger partial charge on any atom is 0.262 e. The van der Waals surface area contributed by atoms with Crippen LogP contribution in [0.5, 0.6) is 0 Å². The molecular weight excluding hydrogens is 424 g/mol. The van der Waals surface area contributed by atoms with Gasteiger partial charge in [0.05, 0.1) is 23.3 Å². The second-order valence-electron chi connectivity index (χ2n) is 7.90. The van der Waals surface area contributed by atoms with Crippen LogP contribution in [-0.2, 0) is 24.2 Å². The Bertz CT molecular complexity index is 1470. The summed E-state index contributed by atoms with van der Waals surface area (Å²) in [4.78, 5) is 41.0. The molecule has 0 bridgehead atoms. The highest BCUT2D eigenvalue weighted by Gasteiger charge is 2.25. The zero-order valence-corrected chi connectivity index (χ0v) is 18.1. The van der Waals surface area contributed by atoms with E-state index < -0.39 is 5.92 Å². The minimum absolute atomic E-state index is 0.00621. The highest BCUT2D eigenvalue weighted by Crippen LogP contribution is 2.33. The average Bonchev–Trinajstić information content (AvgIpc) is 3.18. The molecule has 1 aliphatic carbocycles. The van der Waals surface area contributed by atoms with Crippen LogP contribution in [0, 0.1) is 11.3 Å². The van der Waals surface area contributed by atoms with E-state index in [9.17, 15) is 14.9 Å². The predicted molar refractivity (Wildman–Crippen MR) is 122 cm³/mol. The van der Waals surface area contributed by atoms with Crippen LogP contribution in [0.15, 0.2) is 35.4 Å². The standard InChI is InChI=1S/C23H20N6O2S/c24-11-15(21-27-16-7-3-1-5-13(16)20(25)28-21)17(30)9-10-29-12-26-22-19(23(29)31)14-6-2-4-8-18(14)32-22/h1,3,5,7,12,15H,2,4,6,8-10H2,(H2,25,27,28). The Morgan fingerprint density at radius 2 is 2.06 bits per heavy atom. The number of thiophene rings is 1. The summed E-state index contributed by atoms with van der Waals surface area (Å²) in [6.45, 7) is 0.145. The van der Waals surface area contributed by atoms with Crippen LogP contribution < -0.4 is 11.3 Å². The molecule has 1 aliphatic rings. The van der Waals surface area contributed by atoms with Crippen LogP contribution in [0.25, 0.3) is 21.1 Å². The zero-order valence-electron chi connectivity index (χ0n) is 17.2. The van der Waals surface area contributed by atoms with Gasteiger partial charge in [0.15, 0.2) is 17.5 Å². The Morgan fingerprint density at radius 3 is 2.91 bits per heavy atom. The van der Waals surface area contributed by atoms with E-state index in [4.69, 9.17) is 5.73 Å². The Balaban J connectivity index is 1.40. The van der Waals surface area contributed by atoms with Crippen LogP contribution in [0.3, 0.4) is 0 Å². The van der Waals surface area contributed by atoms with Gasteiger partial charge in [-0.15, -0.1) is 11.3 Å². The molecule has 5 rings (SSSR count). The van der Waals surface area contributed by atoms with Gasteiger partial charge in [-0.05, 0) is 43.4 Å². The Kier molecular flexibility index (Phi) is 5.15. The summed E-state index contributed by atoms with van der Waals surface area (Å²) in [6.07, 6.45) is 5.59. The smallest absolute Gasteiger partial charge is 0.262 e. The first-order valence-corrected chi connectivity index (χ1v) is 11.3. The van der Waals surface area contributed by atoms with Crippen molar-refractivity contribution in [2.24, 2.45) is 0 Å². The molecule has 0 amide bonds. The van der Waals surface area contributed by atoms with E-state index in [1.165, 1.54) is 15.8 Å². The number of nitrogens with two attached hydrogens (primary N) is 1. The molecule has 1 unspecified atom stereocenters. The number of Topliss-reactive ketones (excluding diaryl/α,β-unsaturated/α-hetero) is 1. The van der Waals surface area contributed by atoms with Gasteiger partial charge in [0.25, 0.3) is 5.56 Å². The lowest BCUT2D eigenvalue weighted by Crippen LogP contribution is -2.24. The summed E-state index contributed by atoms with van der Waals surface area (Å²) in [5, 5.41) is 11.0. The fraction of sp³-hybridized carbons (Fsp3) is 0.304. The van der Waals surface area contributed by atoms with Crippen molar-refractivity contribution in [2.45, 2.75) is 44.6 Å². The molecule has 2 N–H and O–H groups in total. The molecular formula is C23H20N6O2S. The van der Waals surface area contributed by atoms with Gasteiger partial charge >= 0.3 is 0 Å². The Hall–Kier alpha value is -3.64. The van der Waals surface area contributed by atoms with E-state index in [0.717, 1.165) is 36.1 Å². The fourth-order valence-corrected chi connectivity index (χ4v) is 5.46. The van der Waals surface area contributed by atoms with Crippen LogP contribution in [0.4, 0.5) is 5.82 Å². The van der Waals surface area contributed by atoms with Crippen LogP contribution in [0.2, 0.25) is 0 Å². The molecule has 9 heteroatoms. The molecule has 0 aliphatic heterocycles. The van der Waals surface area contributed by atoms with E-state index in [1.54, 1.807) is 29.5 Å². The normalized spacial score (nSPS) is 14.2. The van der Waals surface area contributed by atoms with Crippen molar-refractivity contribution in [2.75, 3.05) is 5.73 Å². The third-order valence-electron chi connectivity index (χ3n) is 5.90. The second-order valence-corrected chi connectivity index (χ2v) is 8.98.